The Morgan fingerprint density at radius 2 is 0.571 bits per heavy atom. The average molecular weight is 820 g/mol. The second-order valence-corrected chi connectivity index (χ2v) is 16.3. The fourth-order valence-corrected chi connectivity index (χ4v) is 8.39. The normalized spacial score (nSPS) is 15.3. The van der Waals surface area contributed by atoms with Crippen molar-refractivity contribution in [2.45, 2.75) is 6.42 Å². The van der Waals surface area contributed by atoms with Crippen LogP contribution in [0.3, 0.4) is 0 Å². The van der Waals surface area contributed by atoms with Crippen LogP contribution in [0.5, 0.6) is 0 Å². The van der Waals surface area contributed by atoms with Crippen molar-refractivity contribution in [3.05, 3.63) is 48.5 Å². The van der Waals surface area contributed by atoms with Crippen LogP contribution in [0.1, 0.15) is 6.42 Å². The summed E-state index contributed by atoms with van der Waals surface area (Å²) < 4.78 is 24.4. The summed E-state index contributed by atoms with van der Waals surface area (Å²) in [6.45, 7) is 0.212. The molecule has 0 heterocycles. The molecule has 0 saturated carbocycles. The summed E-state index contributed by atoms with van der Waals surface area (Å²) >= 11 is 0. The van der Waals surface area contributed by atoms with Gasteiger partial charge in [0.2, 0.25) is 50.3 Å². The number of hydrogen-bond acceptors (Lipinski definition) is 22. The zero-order chi connectivity index (χ0) is 36.3. The molecule has 0 aliphatic heterocycles. The van der Waals surface area contributed by atoms with Gasteiger partial charge in [0.15, 0.2) is 0 Å². The highest BCUT2D eigenvalue weighted by molar-refractivity contribution is 7.48. The lowest BCUT2D eigenvalue weighted by Crippen LogP contribution is -2.34. The van der Waals surface area contributed by atoms with E-state index in [2.05, 4.69) is 28.0 Å². The van der Waals surface area contributed by atoms with Crippen LogP contribution < -0.4 is 19.6 Å². The Bertz CT molecular complexity index is 1090. The maximum Gasteiger partial charge on any atom is 0.226 e. The van der Waals surface area contributed by atoms with E-state index >= 15 is 0 Å². The van der Waals surface area contributed by atoms with Crippen molar-refractivity contribution < 1.29 is 89.0 Å². The van der Waals surface area contributed by atoms with E-state index in [0.717, 1.165) is 0 Å². The molecule has 6 unspecified atom stereocenters. The van der Waals surface area contributed by atoms with Gasteiger partial charge >= 0.3 is 0 Å². The molecule has 2 rings (SSSR count). The van der Waals surface area contributed by atoms with Crippen molar-refractivity contribution in [1.29, 1.82) is 0 Å². The molecule has 280 valence electrons. The van der Waals surface area contributed by atoms with Crippen LogP contribution in [0.2, 0.25) is 0 Å². The van der Waals surface area contributed by atoms with Crippen molar-refractivity contribution in [2.75, 3.05) is 70.4 Å². The predicted molar refractivity (Wildman–Crippen MR) is 183 cm³/mol. The molecule has 0 saturated heterocycles. The minimum atomic E-state index is -2.43. The van der Waals surface area contributed by atoms with E-state index in [1.54, 1.807) is 58.3 Å². The summed E-state index contributed by atoms with van der Waals surface area (Å²) in [5.74, 6) is 0. The summed E-state index contributed by atoms with van der Waals surface area (Å²) in [5.41, 5.74) is 1.41. The molecule has 6 atom stereocenters. The summed E-state index contributed by atoms with van der Waals surface area (Å²) in [7, 11) is -14.5. The van der Waals surface area contributed by atoms with Crippen LogP contribution in [0.25, 0.3) is 0 Å². The molecule has 0 aliphatic carbocycles. The van der Waals surface area contributed by atoms with Crippen molar-refractivity contribution in [2.24, 2.45) is 0 Å². The SMILES string of the molecule is OOP(O)CN(CCCN(CP(O)OO)c1ccccc1N(CP(O)OO)CP(O)OO)c1ccccc1N(CP(O)OO)CP(O)OO. The van der Waals surface area contributed by atoms with Gasteiger partial charge in [-0.2, -0.15) is 28.0 Å². The smallest absolute Gasteiger partial charge is 0.226 e. The van der Waals surface area contributed by atoms with Crippen molar-refractivity contribution >= 4 is 73.0 Å². The first-order chi connectivity index (χ1) is 23.5. The van der Waals surface area contributed by atoms with Crippen LogP contribution in [0.15, 0.2) is 48.5 Å². The Hall–Kier alpha value is -0.500. The van der Waals surface area contributed by atoms with E-state index in [4.69, 9.17) is 21.0 Å². The van der Waals surface area contributed by atoms with Crippen LogP contribution in [-0.2, 0) is 28.0 Å². The molecule has 0 fully saturated rings. The van der Waals surface area contributed by atoms with Gasteiger partial charge in [-0.25, -0.2) is 31.5 Å². The third kappa shape index (κ3) is 15.6. The average Bonchev–Trinajstić information content (AvgIpc) is 3.12. The standard InChI is InChI=1S/C21H38N4O18P6/c26-38-44(32)12-22(18-6-1-3-8-20(18)24(14-46(34)40-28)15-47(35)41-29)10-5-11-23(13-45(33)39-27)19-7-2-4-9-21(19)25(16-48(36)42-30)17-49(37)43-31/h1-4,6-9,26-37H,5,10-17H2. The number of hydrogen-bond donors (Lipinski definition) is 12. The van der Waals surface area contributed by atoms with E-state index in [1.165, 1.54) is 9.80 Å². The highest BCUT2D eigenvalue weighted by Gasteiger charge is 2.27. The summed E-state index contributed by atoms with van der Waals surface area (Å²) in [5, 5.41) is 54.3. The Morgan fingerprint density at radius 3 is 0.796 bits per heavy atom. The van der Waals surface area contributed by atoms with Crippen molar-refractivity contribution in [3.8, 4) is 0 Å². The van der Waals surface area contributed by atoms with Gasteiger partial charge in [0.05, 0.1) is 60.5 Å². The number of nitrogens with zero attached hydrogens (tertiary/aromatic N) is 4. The van der Waals surface area contributed by atoms with E-state index in [9.17, 15) is 39.9 Å². The number of anilines is 4. The van der Waals surface area contributed by atoms with E-state index in [0.29, 0.717) is 22.7 Å². The molecule has 12 N–H and O–H groups in total. The molecule has 0 aliphatic rings. The lowest BCUT2D eigenvalue weighted by atomic mass is 10.2. The first-order valence-corrected chi connectivity index (χ1v) is 21.8. The predicted octanol–water partition coefficient (Wildman–Crippen LogP) is 4.51. The van der Waals surface area contributed by atoms with Crippen LogP contribution in [0, 0.1) is 0 Å². The third-order valence-electron chi connectivity index (χ3n) is 6.30. The molecule has 2 aromatic rings. The highest BCUT2D eigenvalue weighted by Crippen LogP contribution is 2.45. The van der Waals surface area contributed by atoms with Gasteiger partial charge in [-0.3, -0.25) is 0 Å². The zero-order valence-corrected chi connectivity index (χ0v) is 30.6. The molecule has 28 heteroatoms. The fourth-order valence-electron chi connectivity index (χ4n) is 4.41. The molecule has 0 amide bonds. The number of benzene rings is 2. The van der Waals surface area contributed by atoms with Crippen molar-refractivity contribution in [3.63, 3.8) is 0 Å². The zero-order valence-electron chi connectivity index (χ0n) is 25.3. The lowest BCUT2D eigenvalue weighted by molar-refractivity contribution is -0.136. The second-order valence-electron chi connectivity index (χ2n) is 9.39. The highest BCUT2D eigenvalue weighted by atomic mass is 31.2. The van der Waals surface area contributed by atoms with Crippen LogP contribution in [0.4, 0.5) is 22.7 Å². The Morgan fingerprint density at radius 1 is 0.367 bits per heavy atom. The fraction of sp³-hybridized carbons (Fsp3) is 0.429. The topological polar surface area (TPSA) is 311 Å². The molecule has 0 aromatic heterocycles. The summed E-state index contributed by atoms with van der Waals surface area (Å²) in [4.78, 5) is 66.6. The summed E-state index contributed by atoms with van der Waals surface area (Å²) in [6, 6.07) is 12.9. The van der Waals surface area contributed by atoms with Crippen LogP contribution in [-0.4, -0.2) is 112 Å². The van der Waals surface area contributed by atoms with Crippen molar-refractivity contribution in [1.82, 2.24) is 0 Å². The molecule has 0 radical (unpaired) electrons. The number of para-hydroxylation sites is 4. The maximum atomic E-state index is 10.3. The first-order valence-electron chi connectivity index (χ1n) is 13.4. The molecule has 2 aromatic carbocycles. The van der Waals surface area contributed by atoms with Gasteiger partial charge in [0.1, 0.15) is 0 Å². The van der Waals surface area contributed by atoms with Crippen LogP contribution >= 0.6 is 50.3 Å². The molecule has 0 spiro atoms. The molecular formula is C21H38N4O18P6. The molecule has 49 heavy (non-hydrogen) atoms. The number of rotatable bonds is 26. The van der Waals surface area contributed by atoms with E-state index in [-0.39, 0.29) is 57.2 Å². The molecular weight excluding hydrogens is 782 g/mol. The van der Waals surface area contributed by atoms with Gasteiger partial charge in [-0.1, -0.05) is 24.3 Å². The third-order valence-corrected chi connectivity index (χ3v) is 10.9. The largest absolute Gasteiger partial charge is 0.361 e. The van der Waals surface area contributed by atoms with Gasteiger partial charge in [0, 0.05) is 13.1 Å². The lowest BCUT2D eigenvalue weighted by Gasteiger charge is -2.35. The summed E-state index contributed by atoms with van der Waals surface area (Å²) in [6.07, 6.45) is -1.68. The minimum absolute atomic E-state index is 0.106. The quantitative estimate of drug-likeness (QED) is 0.0353. The van der Waals surface area contributed by atoms with Gasteiger partial charge in [0.25, 0.3) is 0 Å². The Kier molecular flexibility index (Phi) is 22.5. The van der Waals surface area contributed by atoms with Gasteiger partial charge in [-0.05, 0) is 30.7 Å². The second kappa shape index (κ2) is 24.7. The van der Waals surface area contributed by atoms with E-state index < -0.39 is 50.3 Å². The molecule has 22 nitrogen and oxygen atoms in total. The Labute approximate surface area is 287 Å². The maximum absolute atomic E-state index is 10.3. The molecule has 0 bridgehead atoms. The Balaban J connectivity index is 2.48. The van der Waals surface area contributed by atoms with E-state index in [1.807, 2.05) is 0 Å². The minimum Gasteiger partial charge on any atom is -0.361 e. The van der Waals surface area contributed by atoms with Gasteiger partial charge in [-0.15, -0.1) is 0 Å². The monoisotopic (exact) mass is 820 g/mol. The first kappa shape index (κ1) is 44.7. The van der Waals surface area contributed by atoms with Gasteiger partial charge < -0.3 is 49.0 Å².